The number of likely N-dealkylation sites (tertiary alicyclic amines) is 1. The molecule has 0 saturated carbocycles. The number of esters is 1. The third kappa shape index (κ3) is 6.31. The second kappa shape index (κ2) is 9.33. The number of nitro groups is 1. The molecular weight excluding hydrogens is 366 g/mol. The Labute approximate surface area is 154 Å². The molecule has 1 aliphatic rings. The number of amides is 1. The van der Waals surface area contributed by atoms with Gasteiger partial charge in [0.05, 0.1) is 10.7 Å². The van der Waals surface area contributed by atoms with Crippen LogP contribution in [0.4, 0.5) is 11.4 Å². The fourth-order valence-electron chi connectivity index (χ4n) is 2.19. The summed E-state index contributed by atoms with van der Waals surface area (Å²) in [6.07, 6.45) is 2.20. The van der Waals surface area contributed by atoms with E-state index in [2.05, 4.69) is 5.32 Å². The molecule has 1 aromatic rings. The third-order valence-electron chi connectivity index (χ3n) is 3.38. The molecule has 1 heterocycles. The standard InChI is InChI=1S/C15H17N3O5S2/c19-13(16-11-4-3-5-12(8-11)18(21)22)9-23-14(20)10-25-15(24)17-6-1-2-7-17/h3-5,8H,1-2,6-7,9-10H2,(H,16,19). The van der Waals surface area contributed by atoms with E-state index >= 15 is 0 Å². The largest absolute Gasteiger partial charge is 0.455 e. The molecule has 1 aliphatic heterocycles. The number of thioether (sulfide) groups is 1. The maximum absolute atomic E-state index is 11.7. The number of nitrogens with one attached hydrogen (secondary N) is 1. The lowest BCUT2D eigenvalue weighted by atomic mass is 10.3. The summed E-state index contributed by atoms with van der Waals surface area (Å²) in [6.45, 7) is 1.36. The van der Waals surface area contributed by atoms with Crippen molar-refractivity contribution in [1.29, 1.82) is 0 Å². The fourth-order valence-corrected chi connectivity index (χ4v) is 3.24. The molecule has 0 aliphatic carbocycles. The monoisotopic (exact) mass is 383 g/mol. The average Bonchev–Trinajstić information content (AvgIpc) is 3.12. The van der Waals surface area contributed by atoms with E-state index in [9.17, 15) is 19.7 Å². The summed E-state index contributed by atoms with van der Waals surface area (Å²) in [7, 11) is 0. The summed E-state index contributed by atoms with van der Waals surface area (Å²) in [5, 5.41) is 13.1. The highest BCUT2D eigenvalue weighted by Gasteiger charge is 2.17. The molecule has 1 saturated heterocycles. The Morgan fingerprint density at radius 2 is 2.08 bits per heavy atom. The quantitative estimate of drug-likeness (QED) is 0.345. The molecule has 0 unspecified atom stereocenters. The zero-order valence-corrected chi connectivity index (χ0v) is 14.9. The Balaban J connectivity index is 1.70. The van der Waals surface area contributed by atoms with Crippen molar-refractivity contribution >= 4 is 51.6 Å². The van der Waals surface area contributed by atoms with Crippen LogP contribution in [0.25, 0.3) is 0 Å². The minimum Gasteiger partial charge on any atom is -0.455 e. The van der Waals surface area contributed by atoms with Crippen molar-refractivity contribution in [2.45, 2.75) is 12.8 Å². The van der Waals surface area contributed by atoms with Gasteiger partial charge in [0.1, 0.15) is 4.32 Å². The summed E-state index contributed by atoms with van der Waals surface area (Å²) in [4.78, 5) is 35.6. The number of nitro benzene ring substituents is 1. The van der Waals surface area contributed by atoms with Crippen LogP contribution in [0, 0.1) is 10.1 Å². The summed E-state index contributed by atoms with van der Waals surface area (Å²) in [6, 6.07) is 5.51. The van der Waals surface area contributed by atoms with Gasteiger partial charge >= 0.3 is 5.97 Å². The molecule has 0 atom stereocenters. The van der Waals surface area contributed by atoms with Gasteiger partial charge in [-0.05, 0) is 18.9 Å². The van der Waals surface area contributed by atoms with E-state index in [-0.39, 0.29) is 17.1 Å². The number of ether oxygens (including phenoxy) is 1. The zero-order chi connectivity index (χ0) is 18.2. The van der Waals surface area contributed by atoms with Crippen molar-refractivity contribution < 1.29 is 19.2 Å². The van der Waals surface area contributed by atoms with Crippen LogP contribution in [-0.4, -0.2) is 51.5 Å². The number of carbonyl (C=O) groups excluding carboxylic acids is 2. The van der Waals surface area contributed by atoms with Gasteiger partial charge < -0.3 is 15.0 Å². The maximum Gasteiger partial charge on any atom is 0.316 e. The van der Waals surface area contributed by atoms with Crippen molar-refractivity contribution in [2.75, 3.05) is 30.8 Å². The summed E-state index contributed by atoms with van der Waals surface area (Å²) in [5.74, 6) is -1.07. The Hall–Kier alpha value is -2.20. The van der Waals surface area contributed by atoms with Crippen molar-refractivity contribution in [1.82, 2.24) is 4.90 Å². The van der Waals surface area contributed by atoms with Crippen LogP contribution >= 0.6 is 24.0 Å². The van der Waals surface area contributed by atoms with E-state index in [1.807, 2.05) is 4.90 Å². The fraction of sp³-hybridized carbons (Fsp3) is 0.400. The van der Waals surface area contributed by atoms with Gasteiger partial charge in [0, 0.05) is 30.9 Å². The third-order valence-corrected chi connectivity index (χ3v) is 4.88. The highest BCUT2D eigenvalue weighted by Crippen LogP contribution is 2.17. The van der Waals surface area contributed by atoms with Gasteiger partial charge in [-0.15, -0.1) is 0 Å². The van der Waals surface area contributed by atoms with Crippen molar-refractivity contribution in [3.05, 3.63) is 34.4 Å². The number of carbonyl (C=O) groups is 2. The number of anilines is 1. The first-order valence-corrected chi connectivity index (χ1v) is 8.97. The van der Waals surface area contributed by atoms with E-state index < -0.39 is 23.4 Å². The van der Waals surface area contributed by atoms with Crippen LogP contribution in [0.1, 0.15) is 12.8 Å². The number of hydrogen-bond acceptors (Lipinski definition) is 7. The molecule has 10 heteroatoms. The average molecular weight is 383 g/mol. The molecule has 0 radical (unpaired) electrons. The number of hydrogen-bond donors (Lipinski definition) is 1. The van der Waals surface area contributed by atoms with Crippen LogP contribution in [0.3, 0.4) is 0 Å². The Morgan fingerprint density at radius 3 is 2.76 bits per heavy atom. The highest BCUT2D eigenvalue weighted by atomic mass is 32.2. The van der Waals surface area contributed by atoms with E-state index in [1.54, 1.807) is 0 Å². The van der Waals surface area contributed by atoms with E-state index in [0.717, 1.165) is 25.9 Å². The topological polar surface area (TPSA) is 102 Å². The minimum absolute atomic E-state index is 0.0411. The zero-order valence-electron chi connectivity index (χ0n) is 13.3. The lowest BCUT2D eigenvalue weighted by molar-refractivity contribution is -0.384. The van der Waals surface area contributed by atoms with Crippen LogP contribution in [0.5, 0.6) is 0 Å². The van der Waals surface area contributed by atoms with Crippen LogP contribution in [0.15, 0.2) is 24.3 Å². The van der Waals surface area contributed by atoms with Crippen molar-refractivity contribution in [3.63, 3.8) is 0 Å². The molecule has 2 rings (SSSR count). The van der Waals surface area contributed by atoms with Gasteiger partial charge in [-0.2, -0.15) is 0 Å². The van der Waals surface area contributed by atoms with E-state index in [4.69, 9.17) is 17.0 Å². The second-order valence-corrected chi connectivity index (χ2v) is 6.87. The van der Waals surface area contributed by atoms with Gasteiger partial charge in [0.25, 0.3) is 11.6 Å². The van der Waals surface area contributed by atoms with E-state index in [0.29, 0.717) is 4.32 Å². The number of rotatable bonds is 6. The van der Waals surface area contributed by atoms with Crippen molar-refractivity contribution in [3.8, 4) is 0 Å². The first kappa shape index (κ1) is 19.1. The molecule has 0 spiro atoms. The summed E-state index contributed by atoms with van der Waals surface area (Å²) >= 11 is 6.45. The smallest absolute Gasteiger partial charge is 0.316 e. The number of thiocarbonyl (C=S) groups is 1. The first-order chi connectivity index (χ1) is 12.0. The molecule has 25 heavy (non-hydrogen) atoms. The number of benzene rings is 1. The predicted molar refractivity (Wildman–Crippen MR) is 98.5 cm³/mol. The molecule has 1 N–H and O–H groups in total. The van der Waals surface area contributed by atoms with Crippen molar-refractivity contribution in [2.24, 2.45) is 0 Å². The van der Waals surface area contributed by atoms with Gasteiger partial charge in [-0.25, -0.2) is 0 Å². The Kier molecular flexibility index (Phi) is 7.14. The highest BCUT2D eigenvalue weighted by molar-refractivity contribution is 8.23. The predicted octanol–water partition coefficient (Wildman–Crippen LogP) is 2.19. The van der Waals surface area contributed by atoms with Gasteiger partial charge in [-0.1, -0.05) is 30.0 Å². The molecule has 1 fully saturated rings. The van der Waals surface area contributed by atoms with Crippen LogP contribution in [-0.2, 0) is 14.3 Å². The SMILES string of the molecule is O=C(COC(=O)CSC(=S)N1CCCC1)Nc1cccc([N+](=O)[O-])c1. The lowest BCUT2D eigenvalue weighted by Crippen LogP contribution is -2.25. The van der Waals surface area contributed by atoms with E-state index in [1.165, 1.54) is 36.0 Å². The van der Waals surface area contributed by atoms with Crippen LogP contribution in [0.2, 0.25) is 0 Å². The summed E-state index contributed by atoms with van der Waals surface area (Å²) < 4.78 is 5.55. The molecule has 8 nitrogen and oxygen atoms in total. The molecule has 134 valence electrons. The second-order valence-electron chi connectivity index (χ2n) is 5.27. The summed E-state index contributed by atoms with van der Waals surface area (Å²) in [5.41, 5.74) is 0.126. The Morgan fingerprint density at radius 1 is 1.36 bits per heavy atom. The first-order valence-electron chi connectivity index (χ1n) is 7.57. The maximum atomic E-state index is 11.7. The van der Waals surface area contributed by atoms with Crippen LogP contribution < -0.4 is 5.32 Å². The molecule has 1 amide bonds. The van der Waals surface area contributed by atoms with Gasteiger partial charge in [0.15, 0.2) is 6.61 Å². The van der Waals surface area contributed by atoms with Gasteiger partial charge in [-0.3, -0.25) is 19.7 Å². The molecular formula is C15H17N3O5S2. The Bertz CT molecular complexity index is 677. The minimum atomic E-state index is -0.569. The number of non-ortho nitro benzene ring substituents is 1. The molecule has 0 bridgehead atoms. The number of nitrogens with zero attached hydrogens (tertiary/aromatic N) is 2. The molecule has 0 aromatic heterocycles. The molecule has 1 aromatic carbocycles. The van der Waals surface area contributed by atoms with Gasteiger partial charge in [0.2, 0.25) is 0 Å². The normalized spacial score (nSPS) is 13.4. The lowest BCUT2D eigenvalue weighted by Gasteiger charge is -2.17.